The van der Waals surface area contributed by atoms with E-state index in [4.69, 9.17) is 0 Å². The summed E-state index contributed by atoms with van der Waals surface area (Å²) in [6.45, 7) is 1.34. The van der Waals surface area contributed by atoms with Gasteiger partial charge in [0.05, 0.1) is 0 Å². The molecule has 1 N–H and O–H groups in total. The van der Waals surface area contributed by atoms with Crippen molar-refractivity contribution in [3.8, 4) is 0 Å². The molecule has 7 nitrogen and oxygen atoms in total. The topological polar surface area (TPSA) is 73.0 Å². The van der Waals surface area contributed by atoms with Crippen LogP contribution < -0.4 is 5.32 Å². The largest absolute Gasteiger partial charge is 0.347 e. The SMILES string of the molecule is CN(C)C1CCN(C(=O)C(Cc2ccccc2)N(C)C(=O)C(Cc2ccc3ccccc3c2)NC=O)CC1. The number of carbonyl (C=O) groups is 3. The molecule has 200 valence electrons. The minimum atomic E-state index is -0.774. The van der Waals surface area contributed by atoms with E-state index in [0.717, 1.165) is 34.7 Å². The Labute approximate surface area is 225 Å². The van der Waals surface area contributed by atoms with Crippen LogP contribution in [0.4, 0.5) is 0 Å². The highest BCUT2D eigenvalue weighted by Crippen LogP contribution is 2.20. The van der Waals surface area contributed by atoms with Gasteiger partial charge in [-0.1, -0.05) is 72.8 Å². The molecule has 0 spiro atoms. The van der Waals surface area contributed by atoms with E-state index in [-0.39, 0.29) is 11.8 Å². The van der Waals surface area contributed by atoms with E-state index in [9.17, 15) is 14.4 Å². The van der Waals surface area contributed by atoms with Crippen LogP contribution >= 0.6 is 0 Å². The molecule has 1 heterocycles. The maximum atomic E-state index is 13.8. The van der Waals surface area contributed by atoms with Crippen LogP contribution in [0.25, 0.3) is 10.8 Å². The lowest BCUT2D eigenvalue weighted by atomic mass is 9.98. The van der Waals surface area contributed by atoms with Gasteiger partial charge < -0.3 is 20.0 Å². The summed E-state index contributed by atoms with van der Waals surface area (Å²) in [5.41, 5.74) is 1.93. The smallest absolute Gasteiger partial charge is 0.245 e. The number of amides is 3. The van der Waals surface area contributed by atoms with Crippen molar-refractivity contribution in [1.82, 2.24) is 20.0 Å². The summed E-state index contributed by atoms with van der Waals surface area (Å²) in [7, 11) is 5.82. The summed E-state index contributed by atoms with van der Waals surface area (Å²) in [4.78, 5) is 44.8. The zero-order chi connectivity index (χ0) is 27.1. The number of likely N-dealkylation sites (N-methyl/N-ethyl adjacent to an activating group) is 1. The lowest BCUT2D eigenvalue weighted by Crippen LogP contribution is -2.57. The minimum absolute atomic E-state index is 0.0440. The molecule has 0 bridgehead atoms. The number of hydrogen-bond acceptors (Lipinski definition) is 4. The van der Waals surface area contributed by atoms with Gasteiger partial charge in [-0.2, -0.15) is 0 Å². The lowest BCUT2D eigenvalue weighted by molar-refractivity contribution is -0.146. The Morgan fingerprint density at radius 3 is 2.21 bits per heavy atom. The molecule has 2 atom stereocenters. The van der Waals surface area contributed by atoms with Crippen LogP contribution in [0.1, 0.15) is 24.0 Å². The fourth-order valence-corrected chi connectivity index (χ4v) is 5.34. The number of benzene rings is 3. The van der Waals surface area contributed by atoms with E-state index < -0.39 is 12.1 Å². The van der Waals surface area contributed by atoms with Crippen LogP contribution in [0, 0.1) is 0 Å². The summed E-state index contributed by atoms with van der Waals surface area (Å²) in [5.74, 6) is -0.319. The van der Waals surface area contributed by atoms with E-state index in [2.05, 4.69) is 24.3 Å². The highest BCUT2D eigenvalue weighted by Gasteiger charge is 2.35. The quantitative estimate of drug-likeness (QED) is 0.422. The molecular formula is C31H38N4O3. The van der Waals surface area contributed by atoms with E-state index in [1.807, 2.05) is 77.7 Å². The standard InChI is InChI=1S/C31H38N4O3/c1-33(2)27-15-17-35(18-16-27)31(38)29(21-23-9-5-4-6-10-23)34(3)30(37)28(32-22-36)20-24-13-14-25-11-7-8-12-26(25)19-24/h4-14,19,22,27-29H,15-18,20-21H2,1-3H3,(H,32,36). The number of hydrogen-bond donors (Lipinski definition) is 1. The van der Waals surface area contributed by atoms with E-state index in [1.54, 1.807) is 7.05 Å². The first kappa shape index (κ1) is 27.3. The summed E-state index contributed by atoms with van der Waals surface area (Å²) in [6.07, 6.45) is 3.14. The molecule has 3 aromatic carbocycles. The van der Waals surface area contributed by atoms with Crippen molar-refractivity contribution in [2.45, 2.75) is 43.8 Å². The normalized spacial score (nSPS) is 15.7. The van der Waals surface area contributed by atoms with Gasteiger partial charge in [0.2, 0.25) is 18.2 Å². The fourth-order valence-electron chi connectivity index (χ4n) is 5.34. The molecule has 0 aromatic heterocycles. The molecular weight excluding hydrogens is 476 g/mol. The first-order valence-electron chi connectivity index (χ1n) is 13.3. The van der Waals surface area contributed by atoms with Gasteiger partial charge in [0.25, 0.3) is 0 Å². The molecule has 0 radical (unpaired) electrons. The highest BCUT2D eigenvalue weighted by atomic mass is 16.2. The first-order valence-corrected chi connectivity index (χ1v) is 13.3. The average molecular weight is 515 g/mol. The molecule has 1 saturated heterocycles. The summed E-state index contributed by atoms with van der Waals surface area (Å²) in [5, 5.41) is 4.91. The fraction of sp³-hybridized carbons (Fsp3) is 0.387. The Bertz CT molecular complexity index is 1240. The maximum absolute atomic E-state index is 13.8. The second-order valence-electron chi connectivity index (χ2n) is 10.4. The second kappa shape index (κ2) is 12.7. The highest BCUT2D eigenvalue weighted by molar-refractivity contribution is 5.91. The van der Waals surface area contributed by atoms with Crippen molar-refractivity contribution in [3.63, 3.8) is 0 Å². The van der Waals surface area contributed by atoms with Gasteiger partial charge in [-0.25, -0.2) is 0 Å². The van der Waals surface area contributed by atoms with Crippen molar-refractivity contribution >= 4 is 29.0 Å². The number of rotatable bonds is 10. The summed E-state index contributed by atoms with van der Waals surface area (Å²) < 4.78 is 0. The van der Waals surface area contributed by atoms with Crippen LogP contribution in [0.3, 0.4) is 0 Å². The van der Waals surface area contributed by atoms with Gasteiger partial charge in [-0.15, -0.1) is 0 Å². The Morgan fingerprint density at radius 1 is 0.895 bits per heavy atom. The van der Waals surface area contributed by atoms with Crippen molar-refractivity contribution in [3.05, 3.63) is 83.9 Å². The van der Waals surface area contributed by atoms with E-state index in [1.165, 1.54) is 4.90 Å². The third-order valence-electron chi connectivity index (χ3n) is 7.70. The average Bonchev–Trinajstić information content (AvgIpc) is 2.95. The molecule has 1 fully saturated rings. The minimum Gasteiger partial charge on any atom is -0.347 e. The molecule has 1 aliphatic heterocycles. The number of carbonyl (C=O) groups excluding carboxylic acids is 3. The number of piperidine rings is 1. The molecule has 3 aromatic rings. The zero-order valence-corrected chi connectivity index (χ0v) is 22.5. The first-order chi connectivity index (χ1) is 18.4. The third kappa shape index (κ3) is 6.58. The molecule has 3 amide bonds. The number of nitrogens with zero attached hydrogens (tertiary/aromatic N) is 3. The van der Waals surface area contributed by atoms with Crippen LogP contribution in [-0.2, 0) is 27.2 Å². The van der Waals surface area contributed by atoms with Crippen molar-refractivity contribution < 1.29 is 14.4 Å². The van der Waals surface area contributed by atoms with Gasteiger partial charge in [0.1, 0.15) is 12.1 Å². The van der Waals surface area contributed by atoms with Gasteiger partial charge >= 0.3 is 0 Å². The predicted octanol–water partition coefficient (Wildman–Crippen LogP) is 3.12. The van der Waals surface area contributed by atoms with E-state index in [0.29, 0.717) is 38.4 Å². The molecule has 4 rings (SSSR count). The van der Waals surface area contributed by atoms with Crippen LogP contribution in [0.5, 0.6) is 0 Å². The molecule has 2 unspecified atom stereocenters. The summed E-state index contributed by atoms with van der Waals surface area (Å²) >= 11 is 0. The molecule has 0 saturated carbocycles. The van der Waals surface area contributed by atoms with Gasteiger partial charge in [-0.05, 0) is 48.8 Å². The van der Waals surface area contributed by atoms with Crippen molar-refractivity contribution in [2.75, 3.05) is 34.2 Å². The van der Waals surface area contributed by atoms with Crippen LogP contribution in [0.2, 0.25) is 0 Å². The Kier molecular flexibility index (Phi) is 9.13. The van der Waals surface area contributed by atoms with Crippen LogP contribution in [-0.4, -0.2) is 85.3 Å². The van der Waals surface area contributed by atoms with E-state index >= 15 is 0 Å². The van der Waals surface area contributed by atoms with Gasteiger partial charge in [0, 0.05) is 39.0 Å². The predicted molar refractivity (Wildman–Crippen MR) is 151 cm³/mol. The zero-order valence-electron chi connectivity index (χ0n) is 22.5. The monoisotopic (exact) mass is 514 g/mol. The van der Waals surface area contributed by atoms with Gasteiger partial charge in [-0.3, -0.25) is 14.4 Å². The Balaban J connectivity index is 1.55. The summed E-state index contributed by atoms with van der Waals surface area (Å²) in [6, 6.07) is 22.9. The lowest BCUT2D eigenvalue weighted by Gasteiger charge is -2.39. The Hall–Kier alpha value is -3.71. The third-order valence-corrected chi connectivity index (χ3v) is 7.70. The maximum Gasteiger partial charge on any atom is 0.245 e. The number of nitrogens with one attached hydrogen (secondary N) is 1. The van der Waals surface area contributed by atoms with Crippen molar-refractivity contribution in [2.24, 2.45) is 0 Å². The molecule has 0 aliphatic carbocycles. The molecule has 7 heteroatoms. The molecule has 38 heavy (non-hydrogen) atoms. The van der Waals surface area contributed by atoms with Crippen molar-refractivity contribution in [1.29, 1.82) is 0 Å². The van der Waals surface area contributed by atoms with Crippen LogP contribution in [0.15, 0.2) is 72.8 Å². The second-order valence-corrected chi connectivity index (χ2v) is 10.4. The van der Waals surface area contributed by atoms with Gasteiger partial charge in [0.15, 0.2) is 0 Å². The number of fused-ring (bicyclic) bond motifs is 1. The Morgan fingerprint density at radius 2 is 1.55 bits per heavy atom. The number of likely N-dealkylation sites (tertiary alicyclic amines) is 1. The molecule has 1 aliphatic rings.